The summed E-state index contributed by atoms with van der Waals surface area (Å²) in [4.78, 5) is 60.0. The van der Waals surface area contributed by atoms with Gasteiger partial charge in [0, 0.05) is 33.9 Å². The van der Waals surface area contributed by atoms with E-state index in [1.165, 1.54) is 22.7 Å². The summed E-state index contributed by atoms with van der Waals surface area (Å²) in [7, 11) is -2.26. The second-order valence-corrected chi connectivity index (χ2v) is 22.2. The maximum atomic E-state index is 15.0. The third kappa shape index (κ3) is 9.07. The molecule has 332 valence electrons. The number of fused-ring (bicyclic) bond motifs is 3. The van der Waals surface area contributed by atoms with Crippen molar-refractivity contribution in [2.45, 2.75) is 140 Å². The molecule has 3 N–H and O–H groups in total. The molecule has 3 amide bonds. The zero-order valence-electron chi connectivity index (χ0n) is 36.4. The van der Waals surface area contributed by atoms with Crippen molar-refractivity contribution in [3.63, 3.8) is 0 Å². The number of aryl methyl sites for hydroxylation is 1. The number of ether oxygens (including phenoxy) is 2. The number of amides is 3. The van der Waals surface area contributed by atoms with Crippen LogP contribution in [-0.2, 0) is 29.8 Å². The van der Waals surface area contributed by atoms with Crippen molar-refractivity contribution >= 4 is 66.3 Å². The topological polar surface area (TPSA) is 182 Å². The van der Waals surface area contributed by atoms with Crippen molar-refractivity contribution in [1.29, 1.82) is 0 Å². The number of carbonyl (C=O) groups excluding carboxylic acids is 3. The van der Waals surface area contributed by atoms with Crippen molar-refractivity contribution in [3.8, 4) is 22.3 Å². The van der Waals surface area contributed by atoms with Crippen LogP contribution >= 0.6 is 22.7 Å². The summed E-state index contributed by atoms with van der Waals surface area (Å²) in [5.41, 5.74) is 1.74. The third-order valence-electron chi connectivity index (χ3n) is 12.4. The van der Waals surface area contributed by atoms with E-state index < -0.39 is 56.7 Å². The molecular weight excluding hydrogens is 847 g/mol. The fraction of sp³-hybridized carbons (Fsp3) is 0.556. The van der Waals surface area contributed by atoms with E-state index in [9.17, 15) is 18.0 Å². The van der Waals surface area contributed by atoms with Gasteiger partial charge in [-0.1, -0.05) is 59.6 Å². The molecule has 1 aromatic carbocycles. The Bertz CT molecular complexity index is 2510. The number of thiazole rings is 2. The normalized spacial score (nSPS) is 24.8. The van der Waals surface area contributed by atoms with E-state index in [2.05, 4.69) is 50.0 Å². The van der Waals surface area contributed by atoms with E-state index in [0.717, 1.165) is 58.4 Å². The minimum absolute atomic E-state index is 0.0656. The number of methoxy groups -OCH3 is 1. The Labute approximate surface area is 371 Å². The molecule has 2 aliphatic heterocycles. The lowest BCUT2D eigenvalue weighted by Crippen LogP contribution is -2.57. The van der Waals surface area contributed by atoms with Crippen LogP contribution in [0.5, 0.6) is 11.6 Å². The highest BCUT2D eigenvalue weighted by Gasteiger charge is 2.62. The van der Waals surface area contributed by atoms with E-state index >= 15 is 4.79 Å². The molecular formula is C45H57N7O7S3. The highest BCUT2D eigenvalue weighted by atomic mass is 32.2. The fourth-order valence-corrected chi connectivity index (χ4v) is 11.6. The Morgan fingerprint density at radius 1 is 1.03 bits per heavy atom. The van der Waals surface area contributed by atoms with Crippen molar-refractivity contribution < 1.29 is 32.3 Å². The van der Waals surface area contributed by atoms with Gasteiger partial charge < -0.3 is 25.0 Å². The SMILES string of the molecule is COc1ccc2c(O[C@@H]3C[C@H]4C(=O)N[C@]5(C(=O)NS(=O)(=O)C6CC6)C[C@H]5C=CCCCCC[C@H](Nc5nc(C(C)(C)C)cs5)C(=O)N4C3)nc(-c3nc(C(C)C)cs3)cc2c1C. The van der Waals surface area contributed by atoms with Gasteiger partial charge in [-0.25, -0.2) is 23.4 Å². The van der Waals surface area contributed by atoms with Gasteiger partial charge >= 0.3 is 0 Å². The average molecular weight is 904 g/mol. The highest BCUT2D eigenvalue weighted by Crippen LogP contribution is 2.46. The standard InChI is InChI=1S/C45H57N7O7S3/c1-25(2)34-23-60-40(47-34)33-20-31-26(3)36(58-7)18-17-30(31)39(46-33)59-28-19-35-38(53)50-45(42(55)51-62(56,57)29-15-16-29)21-27(45)13-11-9-8-10-12-14-32(41(54)52(35)22-28)48-43-49-37(24-61-43)44(4,5)6/h11,13,17-18,20,23-25,27-29,32,35H,8-10,12,14-16,19,21-22H2,1-7H3,(H,48,49)(H,50,53)(H,51,55)/t27-,28-,32+,35+,45-/m1/s1. The van der Waals surface area contributed by atoms with Gasteiger partial charge in [0.2, 0.25) is 27.7 Å². The molecule has 3 aromatic heterocycles. The lowest BCUT2D eigenvalue weighted by atomic mass is 9.93. The largest absolute Gasteiger partial charge is 0.496 e. The Balaban J connectivity index is 1.15. The summed E-state index contributed by atoms with van der Waals surface area (Å²) in [6.07, 6.45) is 8.32. The molecule has 2 aliphatic carbocycles. The van der Waals surface area contributed by atoms with Crippen LogP contribution in [0.4, 0.5) is 5.13 Å². The molecule has 4 aliphatic rings. The van der Waals surface area contributed by atoms with Gasteiger partial charge in [0.05, 0.1) is 30.3 Å². The van der Waals surface area contributed by atoms with Gasteiger partial charge in [-0.05, 0) is 80.5 Å². The third-order valence-corrected chi connectivity index (χ3v) is 15.9. The number of carbonyl (C=O) groups is 3. The van der Waals surface area contributed by atoms with Crippen molar-refractivity contribution in [2.24, 2.45) is 5.92 Å². The predicted molar refractivity (Wildman–Crippen MR) is 242 cm³/mol. The molecule has 0 bridgehead atoms. The number of aromatic nitrogens is 3. The van der Waals surface area contributed by atoms with Crippen LogP contribution < -0.4 is 24.8 Å². The molecule has 0 radical (unpaired) electrons. The molecule has 2 saturated carbocycles. The Morgan fingerprint density at radius 3 is 2.52 bits per heavy atom. The van der Waals surface area contributed by atoms with Crippen molar-refractivity contribution in [2.75, 3.05) is 19.0 Å². The smallest absolute Gasteiger partial charge is 0.259 e. The van der Waals surface area contributed by atoms with Crippen LogP contribution in [0.2, 0.25) is 0 Å². The Morgan fingerprint density at radius 2 is 1.82 bits per heavy atom. The number of hydrogen-bond acceptors (Lipinski definition) is 13. The van der Waals surface area contributed by atoms with Gasteiger partial charge in [-0.3, -0.25) is 19.1 Å². The monoisotopic (exact) mass is 903 g/mol. The van der Waals surface area contributed by atoms with Crippen LogP contribution in [0, 0.1) is 12.8 Å². The Kier molecular flexibility index (Phi) is 12.2. The number of nitrogens with zero attached hydrogens (tertiary/aromatic N) is 4. The van der Waals surface area contributed by atoms with Crippen LogP contribution in [0.15, 0.2) is 41.1 Å². The number of hydrogen-bond donors (Lipinski definition) is 3. The van der Waals surface area contributed by atoms with Gasteiger partial charge in [-0.15, -0.1) is 22.7 Å². The van der Waals surface area contributed by atoms with E-state index in [4.69, 9.17) is 24.4 Å². The molecule has 8 rings (SSSR count). The minimum atomic E-state index is -3.89. The van der Waals surface area contributed by atoms with Crippen molar-refractivity contribution in [1.82, 2.24) is 29.9 Å². The number of benzene rings is 1. The average Bonchev–Trinajstić information content (AvgIpc) is 3.99. The van der Waals surface area contributed by atoms with Crippen molar-refractivity contribution in [3.05, 3.63) is 58.1 Å². The molecule has 0 unspecified atom stereocenters. The van der Waals surface area contributed by atoms with E-state index in [1.807, 2.05) is 48.0 Å². The predicted octanol–water partition coefficient (Wildman–Crippen LogP) is 7.39. The summed E-state index contributed by atoms with van der Waals surface area (Å²) < 4.78 is 40.8. The Hall–Kier alpha value is -4.61. The molecule has 0 spiro atoms. The quantitative estimate of drug-likeness (QED) is 0.135. The number of nitrogens with one attached hydrogen (secondary N) is 3. The first-order valence-electron chi connectivity index (χ1n) is 21.7. The zero-order chi connectivity index (χ0) is 44.1. The molecule has 14 nitrogen and oxygen atoms in total. The van der Waals surface area contributed by atoms with Crippen LogP contribution in [0.1, 0.15) is 115 Å². The lowest BCUT2D eigenvalue weighted by molar-refractivity contribution is -0.140. The molecule has 4 aromatic rings. The lowest BCUT2D eigenvalue weighted by Gasteiger charge is -2.30. The minimum Gasteiger partial charge on any atom is -0.496 e. The molecule has 5 atom stereocenters. The zero-order valence-corrected chi connectivity index (χ0v) is 38.9. The first kappa shape index (κ1) is 44.0. The fourth-order valence-electron chi connectivity index (χ4n) is 8.35. The maximum Gasteiger partial charge on any atom is 0.259 e. The molecule has 62 heavy (non-hydrogen) atoms. The number of anilines is 1. The van der Waals surface area contributed by atoms with Crippen LogP contribution in [-0.4, -0.2) is 88.6 Å². The number of rotatable bonds is 10. The van der Waals surface area contributed by atoms with E-state index in [1.54, 1.807) is 12.0 Å². The molecule has 17 heteroatoms. The maximum absolute atomic E-state index is 15.0. The summed E-state index contributed by atoms with van der Waals surface area (Å²) in [5, 5.41) is 12.8. The summed E-state index contributed by atoms with van der Waals surface area (Å²) in [5.74, 6) is -0.703. The number of pyridine rings is 1. The summed E-state index contributed by atoms with van der Waals surface area (Å²) >= 11 is 2.95. The van der Waals surface area contributed by atoms with Gasteiger partial charge in [0.1, 0.15) is 40.2 Å². The van der Waals surface area contributed by atoms with Gasteiger partial charge in [-0.2, -0.15) is 0 Å². The molecule has 5 heterocycles. The first-order chi connectivity index (χ1) is 29.5. The molecule has 3 fully saturated rings. The van der Waals surface area contributed by atoms with E-state index in [-0.39, 0.29) is 36.6 Å². The second kappa shape index (κ2) is 17.2. The summed E-state index contributed by atoms with van der Waals surface area (Å²) in [6, 6.07) is 4.03. The van der Waals surface area contributed by atoms with Gasteiger partial charge in [0.25, 0.3) is 5.91 Å². The summed E-state index contributed by atoms with van der Waals surface area (Å²) in [6.45, 7) is 12.5. The number of allylic oxidation sites excluding steroid dienone is 1. The first-order valence-corrected chi connectivity index (χ1v) is 25.0. The van der Waals surface area contributed by atoms with Crippen LogP contribution in [0.3, 0.4) is 0 Å². The highest BCUT2D eigenvalue weighted by molar-refractivity contribution is 7.91. The van der Waals surface area contributed by atoms with Crippen LogP contribution in [0.25, 0.3) is 21.5 Å². The van der Waals surface area contributed by atoms with Gasteiger partial charge in [0.15, 0.2) is 5.13 Å². The number of sulfonamides is 1. The van der Waals surface area contributed by atoms with E-state index in [0.29, 0.717) is 41.7 Å². The second-order valence-electron chi connectivity index (χ2n) is 18.5. The molecule has 1 saturated heterocycles.